The van der Waals surface area contributed by atoms with Gasteiger partial charge in [-0.1, -0.05) is 48.5 Å². The molecule has 2 fully saturated rings. The van der Waals surface area contributed by atoms with E-state index in [0.29, 0.717) is 38.5 Å². The number of methoxy groups -OCH3 is 1. The second-order valence-electron chi connectivity index (χ2n) is 16.7. The molecule has 0 aromatic carbocycles. The number of ether oxygens (including phenoxy) is 5. The van der Waals surface area contributed by atoms with Crippen LogP contribution in [0.4, 0.5) is 0 Å². The Bertz CT molecular complexity index is 1360. The molecule has 308 valence electrons. The SMILES string of the molecule is COC(C(O)CC(=O)C(C)C(O)CCC(C)C1OC2(CCC1C)CC(O)C(C)C(CCC(C)C(C)=O)O2)C(OC(=O)CCC1=C(C)C(=O)OC1=O)C(C)C. The largest absolute Gasteiger partial charge is 0.459 e. The van der Waals surface area contributed by atoms with Gasteiger partial charge in [-0.15, -0.1) is 0 Å². The molecule has 0 amide bonds. The van der Waals surface area contributed by atoms with Crippen molar-refractivity contribution >= 4 is 29.5 Å². The summed E-state index contributed by atoms with van der Waals surface area (Å²) < 4.78 is 29.1. The molecular weight excluding hydrogens is 700 g/mol. The molecule has 3 aliphatic rings. The van der Waals surface area contributed by atoms with E-state index in [1.54, 1.807) is 27.7 Å². The minimum Gasteiger partial charge on any atom is -0.459 e. The third-order valence-electron chi connectivity index (χ3n) is 12.2. The van der Waals surface area contributed by atoms with Crippen LogP contribution in [0.25, 0.3) is 0 Å². The maximum Gasteiger partial charge on any atom is 0.342 e. The van der Waals surface area contributed by atoms with Gasteiger partial charge in [0.1, 0.15) is 23.8 Å². The van der Waals surface area contributed by atoms with Crippen LogP contribution < -0.4 is 0 Å². The molecule has 0 aromatic heterocycles. The summed E-state index contributed by atoms with van der Waals surface area (Å²) >= 11 is 0. The smallest absolute Gasteiger partial charge is 0.342 e. The van der Waals surface area contributed by atoms with Gasteiger partial charge in [-0.05, 0) is 70.1 Å². The number of rotatable bonds is 20. The Morgan fingerprint density at radius 1 is 0.944 bits per heavy atom. The third kappa shape index (κ3) is 11.7. The van der Waals surface area contributed by atoms with Gasteiger partial charge in [0.25, 0.3) is 0 Å². The summed E-state index contributed by atoms with van der Waals surface area (Å²) in [4.78, 5) is 61.5. The van der Waals surface area contributed by atoms with Crippen LogP contribution in [0.5, 0.6) is 0 Å². The second kappa shape index (κ2) is 20.0. The van der Waals surface area contributed by atoms with E-state index in [1.807, 2.05) is 13.8 Å². The first-order chi connectivity index (χ1) is 25.2. The highest BCUT2D eigenvalue weighted by Gasteiger charge is 2.50. The Hall–Kier alpha value is -2.55. The average Bonchev–Trinajstić information content (AvgIpc) is 3.36. The molecule has 0 saturated carbocycles. The Balaban J connectivity index is 1.55. The fourth-order valence-corrected chi connectivity index (χ4v) is 7.96. The van der Waals surface area contributed by atoms with Crippen LogP contribution in [0.2, 0.25) is 0 Å². The Kier molecular flexibility index (Phi) is 17.0. The lowest BCUT2D eigenvalue weighted by Gasteiger charge is -2.52. The van der Waals surface area contributed by atoms with Gasteiger partial charge in [0.05, 0.1) is 30.5 Å². The fraction of sp³-hybridized carbons (Fsp3) is 0.829. The van der Waals surface area contributed by atoms with E-state index in [2.05, 4.69) is 18.6 Å². The molecule has 3 aliphatic heterocycles. The first-order valence-corrected chi connectivity index (χ1v) is 19.8. The maximum atomic E-state index is 13.3. The summed E-state index contributed by atoms with van der Waals surface area (Å²) in [6.07, 6.45) is -1.76. The van der Waals surface area contributed by atoms with Crippen LogP contribution in [-0.2, 0) is 47.7 Å². The maximum absolute atomic E-state index is 13.3. The molecule has 13 nitrogen and oxygen atoms in total. The summed E-state index contributed by atoms with van der Waals surface area (Å²) in [7, 11) is 1.35. The lowest BCUT2D eigenvalue weighted by Crippen LogP contribution is -2.57. The summed E-state index contributed by atoms with van der Waals surface area (Å²) in [6.45, 7) is 16.3. The number of aliphatic hydroxyl groups excluding tert-OH is 3. The van der Waals surface area contributed by atoms with Gasteiger partial charge < -0.3 is 39.0 Å². The minimum absolute atomic E-state index is 0.00959. The quantitative estimate of drug-likeness (QED) is 0.113. The number of carbonyl (C=O) groups is 5. The van der Waals surface area contributed by atoms with Crippen LogP contribution >= 0.6 is 0 Å². The molecule has 13 heteroatoms. The molecule has 0 aromatic rings. The van der Waals surface area contributed by atoms with Crippen molar-refractivity contribution in [3.63, 3.8) is 0 Å². The normalized spacial score (nSPS) is 30.1. The number of hydrogen-bond acceptors (Lipinski definition) is 13. The highest BCUT2D eigenvalue weighted by Crippen LogP contribution is 2.46. The highest BCUT2D eigenvalue weighted by atomic mass is 16.7. The zero-order valence-corrected chi connectivity index (χ0v) is 34.0. The standard InChI is InChI=1S/C41H66O13/c1-21(2)36(51-35(47)16-13-29-25(6)39(48)52-40(29)49)38(50-10)32(45)19-31(44)26(7)30(43)14-11-23(4)37-24(5)17-18-41(54-37)20-33(46)27(8)34(53-41)15-12-22(3)28(9)42/h21-24,26-27,30,32-34,36-38,43,45-46H,11-20H2,1-10H3. The highest BCUT2D eigenvalue weighted by molar-refractivity contribution is 6.12. The first kappa shape index (κ1) is 45.8. The van der Waals surface area contributed by atoms with E-state index < -0.39 is 60.1 Å². The molecule has 3 heterocycles. The predicted molar refractivity (Wildman–Crippen MR) is 197 cm³/mol. The summed E-state index contributed by atoms with van der Waals surface area (Å²) in [5, 5.41) is 33.3. The second-order valence-corrected chi connectivity index (χ2v) is 16.7. The zero-order valence-electron chi connectivity index (χ0n) is 34.0. The van der Waals surface area contributed by atoms with E-state index in [4.69, 9.17) is 18.9 Å². The number of hydrogen-bond donors (Lipinski definition) is 3. The van der Waals surface area contributed by atoms with Gasteiger partial charge in [-0.3, -0.25) is 14.4 Å². The van der Waals surface area contributed by atoms with Gasteiger partial charge >= 0.3 is 17.9 Å². The number of ketones is 2. The van der Waals surface area contributed by atoms with Crippen LogP contribution in [-0.4, -0.2) is 100 Å². The third-order valence-corrected chi connectivity index (χ3v) is 12.2. The number of carbonyl (C=O) groups excluding carboxylic acids is 5. The van der Waals surface area contributed by atoms with Crippen LogP contribution in [0.15, 0.2) is 11.1 Å². The Labute approximate surface area is 320 Å². The van der Waals surface area contributed by atoms with Crippen molar-refractivity contribution in [3.8, 4) is 0 Å². The van der Waals surface area contributed by atoms with E-state index in [0.717, 1.165) is 6.42 Å². The van der Waals surface area contributed by atoms with Crippen molar-refractivity contribution in [2.75, 3.05) is 7.11 Å². The molecule has 1 spiro atoms. The van der Waals surface area contributed by atoms with E-state index in [1.165, 1.54) is 14.0 Å². The minimum atomic E-state index is -1.33. The number of esters is 3. The van der Waals surface area contributed by atoms with Gasteiger partial charge in [-0.2, -0.15) is 0 Å². The van der Waals surface area contributed by atoms with Gasteiger partial charge in [0.15, 0.2) is 5.79 Å². The number of cyclic esters (lactones) is 2. The van der Waals surface area contributed by atoms with Crippen molar-refractivity contribution in [1.82, 2.24) is 0 Å². The molecule has 2 saturated heterocycles. The van der Waals surface area contributed by atoms with Crippen molar-refractivity contribution < 1.29 is 63.0 Å². The number of aliphatic hydroxyl groups is 3. The van der Waals surface area contributed by atoms with Gasteiger partial charge in [0.2, 0.25) is 0 Å². The summed E-state index contributed by atoms with van der Waals surface area (Å²) in [5.41, 5.74) is 0.271. The summed E-state index contributed by atoms with van der Waals surface area (Å²) in [5.74, 6) is -4.36. The van der Waals surface area contributed by atoms with E-state index >= 15 is 0 Å². The lowest BCUT2D eigenvalue weighted by molar-refractivity contribution is -0.351. The molecule has 54 heavy (non-hydrogen) atoms. The van der Waals surface area contributed by atoms with Crippen molar-refractivity contribution in [3.05, 3.63) is 11.1 Å². The van der Waals surface area contributed by atoms with Crippen molar-refractivity contribution in [2.45, 2.75) is 175 Å². The van der Waals surface area contributed by atoms with Crippen LogP contribution in [0.1, 0.15) is 127 Å². The molecule has 3 N–H and O–H groups in total. The molecular formula is C41H66O13. The van der Waals surface area contributed by atoms with Gasteiger partial charge in [-0.25, -0.2) is 9.59 Å². The lowest BCUT2D eigenvalue weighted by atomic mass is 9.78. The van der Waals surface area contributed by atoms with Gasteiger partial charge in [0, 0.05) is 61.7 Å². The fourth-order valence-electron chi connectivity index (χ4n) is 7.96. The van der Waals surface area contributed by atoms with Crippen LogP contribution in [0.3, 0.4) is 0 Å². The van der Waals surface area contributed by atoms with Crippen molar-refractivity contribution in [1.29, 1.82) is 0 Å². The summed E-state index contributed by atoms with van der Waals surface area (Å²) in [6, 6.07) is 0. The molecule has 3 rings (SSSR count). The van der Waals surface area contributed by atoms with Crippen molar-refractivity contribution in [2.24, 2.45) is 35.5 Å². The molecule has 13 atom stereocenters. The Morgan fingerprint density at radius 2 is 1.61 bits per heavy atom. The Morgan fingerprint density at radius 3 is 2.19 bits per heavy atom. The number of Topliss-reactive ketones (excluding diaryl/α,β-unsaturated/α-hetero) is 2. The topological polar surface area (TPSA) is 192 Å². The molecule has 0 radical (unpaired) electrons. The first-order valence-electron chi connectivity index (χ1n) is 19.8. The predicted octanol–water partition coefficient (Wildman–Crippen LogP) is 4.79. The van der Waals surface area contributed by atoms with E-state index in [9.17, 15) is 39.3 Å². The molecule has 0 bridgehead atoms. The molecule has 0 aliphatic carbocycles. The molecule has 13 unspecified atom stereocenters. The average molecular weight is 767 g/mol. The van der Waals surface area contributed by atoms with Crippen LogP contribution in [0, 0.1) is 35.5 Å². The zero-order chi connectivity index (χ0) is 40.7. The van der Waals surface area contributed by atoms with E-state index in [-0.39, 0.29) is 83.8 Å². The monoisotopic (exact) mass is 766 g/mol.